The van der Waals surface area contributed by atoms with E-state index in [1.54, 1.807) is 66.7 Å². The van der Waals surface area contributed by atoms with E-state index in [4.69, 9.17) is 27.9 Å². The number of nitrogens with one attached hydrogen (secondary N) is 3. The molecule has 8 nitrogen and oxygen atoms in total. The van der Waals surface area contributed by atoms with Crippen LogP contribution in [0.2, 0.25) is 10.0 Å². The third-order valence-corrected chi connectivity index (χ3v) is 5.02. The van der Waals surface area contributed by atoms with Gasteiger partial charge in [0.25, 0.3) is 5.91 Å². The molecule has 3 N–H and O–H groups in total. The molecule has 0 spiro atoms. The van der Waals surface area contributed by atoms with Crippen LogP contribution in [0, 0.1) is 6.92 Å². The topological polar surface area (TPSA) is 109 Å². The minimum Gasteiger partial charge on any atom is -0.484 e. The summed E-state index contributed by atoms with van der Waals surface area (Å²) in [5.41, 5.74) is 4.62. The molecule has 174 valence electrons. The van der Waals surface area contributed by atoms with Crippen molar-refractivity contribution in [3.8, 4) is 5.75 Å². The fourth-order valence-electron chi connectivity index (χ4n) is 2.64. The standard InChI is InChI=1S/C24H20Cl2N4O4/c1-15-5-8-19(12-21(15)26)29-23(32)24(33)30-27-13-16-6-9-20(10-7-16)34-14-22(31)28-18-4-2-3-17(25)11-18/h2-13H,14H2,1H3,(H,28,31)(H,29,32)(H,30,33)/b27-13-. The van der Waals surface area contributed by atoms with Gasteiger partial charge < -0.3 is 15.4 Å². The van der Waals surface area contributed by atoms with Gasteiger partial charge in [-0.25, -0.2) is 5.43 Å². The average molecular weight is 499 g/mol. The van der Waals surface area contributed by atoms with Crippen LogP contribution in [0.5, 0.6) is 5.75 Å². The molecule has 3 rings (SSSR count). The van der Waals surface area contributed by atoms with Crippen molar-refractivity contribution in [3.05, 3.63) is 87.9 Å². The third kappa shape index (κ3) is 7.61. The highest BCUT2D eigenvalue weighted by atomic mass is 35.5. The second-order valence-electron chi connectivity index (χ2n) is 7.03. The molecular weight excluding hydrogens is 479 g/mol. The quantitative estimate of drug-likeness (QED) is 0.254. The zero-order valence-electron chi connectivity index (χ0n) is 18.0. The highest BCUT2D eigenvalue weighted by Crippen LogP contribution is 2.20. The Bertz CT molecular complexity index is 1230. The van der Waals surface area contributed by atoms with E-state index in [1.807, 2.05) is 6.92 Å². The van der Waals surface area contributed by atoms with Crippen LogP contribution < -0.4 is 20.8 Å². The SMILES string of the molecule is Cc1ccc(NC(=O)C(=O)N/N=C\c2ccc(OCC(=O)Nc3cccc(Cl)c3)cc2)cc1Cl. The fraction of sp³-hybridized carbons (Fsp3) is 0.0833. The predicted octanol–water partition coefficient (Wildman–Crippen LogP) is 4.41. The Morgan fingerprint density at radius 1 is 0.912 bits per heavy atom. The first-order valence-electron chi connectivity index (χ1n) is 9.99. The van der Waals surface area contributed by atoms with Crippen LogP contribution in [0.15, 0.2) is 71.8 Å². The van der Waals surface area contributed by atoms with Gasteiger partial charge in [-0.3, -0.25) is 14.4 Å². The van der Waals surface area contributed by atoms with Gasteiger partial charge in [-0.2, -0.15) is 5.10 Å². The molecule has 0 heterocycles. The maximum absolute atomic E-state index is 12.0. The molecule has 0 bridgehead atoms. The van der Waals surface area contributed by atoms with Crippen molar-refractivity contribution >= 4 is 58.5 Å². The van der Waals surface area contributed by atoms with E-state index < -0.39 is 11.8 Å². The monoisotopic (exact) mass is 498 g/mol. The minimum absolute atomic E-state index is 0.183. The average Bonchev–Trinajstić information content (AvgIpc) is 2.81. The largest absolute Gasteiger partial charge is 0.484 e. The van der Waals surface area contributed by atoms with Crippen molar-refractivity contribution in [1.29, 1.82) is 0 Å². The van der Waals surface area contributed by atoms with E-state index in [0.717, 1.165) is 5.56 Å². The summed E-state index contributed by atoms with van der Waals surface area (Å²) in [4.78, 5) is 35.9. The van der Waals surface area contributed by atoms with Gasteiger partial charge in [0.2, 0.25) is 0 Å². The van der Waals surface area contributed by atoms with E-state index in [2.05, 4.69) is 21.2 Å². The Labute approximate surface area is 205 Å². The van der Waals surface area contributed by atoms with Gasteiger partial charge in [0.05, 0.1) is 6.21 Å². The Morgan fingerprint density at radius 3 is 2.35 bits per heavy atom. The summed E-state index contributed by atoms with van der Waals surface area (Å²) in [6.07, 6.45) is 1.36. The lowest BCUT2D eigenvalue weighted by Crippen LogP contribution is -2.32. The van der Waals surface area contributed by atoms with Crippen LogP contribution in [0.3, 0.4) is 0 Å². The van der Waals surface area contributed by atoms with E-state index in [1.165, 1.54) is 6.21 Å². The van der Waals surface area contributed by atoms with Crippen molar-refractivity contribution in [3.63, 3.8) is 0 Å². The van der Waals surface area contributed by atoms with Crippen molar-refractivity contribution in [2.75, 3.05) is 17.2 Å². The number of halogens is 2. The molecular formula is C24H20Cl2N4O4. The van der Waals surface area contributed by atoms with Crippen molar-refractivity contribution < 1.29 is 19.1 Å². The first kappa shape index (κ1) is 24.8. The van der Waals surface area contributed by atoms with Gasteiger partial charge >= 0.3 is 11.8 Å². The highest BCUT2D eigenvalue weighted by Gasteiger charge is 2.13. The Hall–Kier alpha value is -3.88. The molecule has 0 radical (unpaired) electrons. The second-order valence-corrected chi connectivity index (χ2v) is 7.88. The Kier molecular flexibility index (Phi) is 8.61. The summed E-state index contributed by atoms with van der Waals surface area (Å²) < 4.78 is 5.45. The molecule has 0 atom stereocenters. The number of aryl methyl sites for hydroxylation is 1. The molecule has 0 aliphatic heterocycles. The molecule has 34 heavy (non-hydrogen) atoms. The first-order valence-corrected chi connectivity index (χ1v) is 10.7. The van der Waals surface area contributed by atoms with E-state index in [-0.39, 0.29) is 12.5 Å². The lowest BCUT2D eigenvalue weighted by molar-refractivity contribution is -0.136. The smallest absolute Gasteiger partial charge is 0.329 e. The molecule has 3 aromatic rings. The molecule has 0 aliphatic rings. The number of carbonyl (C=O) groups excluding carboxylic acids is 3. The molecule has 3 amide bonds. The maximum Gasteiger partial charge on any atom is 0.329 e. The van der Waals surface area contributed by atoms with Crippen molar-refractivity contribution in [2.45, 2.75) is 6.92 Å². The summed E-state index contributed by atoms with van der Waals surface area (Å²) in [6.45, 7) is 1.64. The summed E-state index contributed by atoms with van der Waals surface area (Å²) in [7, 11) is 0. The number of benzene rings is 3. The van der Waals surface area contributed by atoms with Crippen LogP contribution in [0.25, 0.3) is 0 Å². The van der Waals surface area contributed by atoms with Crippen LogP contribution in [-0.2, 0) is 14.4 Å². The van der Waals surface area contributed by atoms with Gasteiger partial charge in [-0.15, -0.1) is 0 Å². The molecule has 0 saturated heterocycles. The zero-order chi connectivity index (χ0) is 24.5. The Balaban J connectivity index is 1.43. The van der Waals surface area contributed by atoms with Gasteiger partial charge in [-0.1, -0.05) is 35.3 Å². The zero-order valence-corrected chi connectivity index (χ0v) is 19.5. The van der Waals surface area contributed by atoms with Gasteiger partial charge in [0.1, 0.15) is 5.75 Å². The Morgan fingerprint density at radius 2 is 1.65 bits per heavy atom. The van der Waals surface area contributed by atoms with Crippen LogP contribution in [-0.4, -0.2) is 30.5 Å². The van der Waals surface area contributed by atoms with Crippen molar-refractivity contribution in [1.82, 2.24) is 5.43 Å². The number of carbonyl (C=O) groups is 3. The van der Waals surface area contributed by atoms with Crippen molar-refractivity contribution in [2.24, 2.45) is 5.10 Å². The first-order chi connectivity index (χ1) is 16.3. The van der Waals surface area contributed by atoms with Gasteiger partial charge in [0, 0.05) is 21.4 Å². The third-order valence-electron chi connectivity index (χ3n) is 4.37. The molecule has 0 fully saturated rings. The number of hydrogen-bond donors (Lipinski definition) is 3. The van der Waals surface area contributed by atoms with E-state index in [0.29, 0.717) is 32.7 Å². The molecule has 0 saturated carbocycles. The van der Waals surface area contributed by atoms with Crippen LogP contribution in [0.4, 0.5) is 11.4 Å². The molecule has 0 aliphatic carbocycles. The van der Waals surface area contributed by atoms with Crippen LogP contribution >= 0.6 is 23.2 Å². The normalized spacial score (nSPS) is 10.6. The molecule has 0 aromatic heterocycles. The number of hydrogen-bond acceptors (Lipinski definition) is 5. The number of nitrogens with zero attached hydrogens (tertiary/aromatic N) is 1. The fourth-order valence-corrected chi connectivity index (χ4v) is 3.01. The van der Waals surface area contributed by atoms with E-state index >= 15 is 0 Å². The number of hydrazone groups is 1. The maximum atomic E-state index is 12.0. The highest BCUT2D eigenvalue weighted by molar-refractivity contribution is 6.40. The van der Waals surface area contributed by atoms with Crippen LogP contribution in [0.1, 0.15) is 11.1 Å². The minimum atomic E-state index is -0.932. The van der Waals surface area contributed by atoms with E-state index in [9.17, 15) is 14.4 Å². The van der Waals surface area contributed by atoms with Gasteiger partial charge in [-0.05, 0) is 72.6 Å². The summed E-state index contributed by atoms with van der Waals surface area (Å²) in [5.74, 6) is -1.67. The summed E-state index contributed by atoms with van der Waals surface area (Å²) >= 11 is 11.9. The lowest BCUT2D eigenvalue weighted by Gasteiger charge is -2.08. The number of ether oxygens (including phenoxy) is 1. The predicted molar refractivity (Wildman–Crippen MR) is 133 cm³/mol. The number of anilines is 2. The van der Waals surface area contributed by atoms with Gasteiger partial charge in [0.15, 0.2) is 6.61 Å². The summed E-state index contributed by atoms with van der Waals surface area (Å²) in [5, 5.41) is 9.89. The number of rotatable bonds is 7. The lowest BCUT2D eigenvalue weighted by atomic mass is 10.2. The molecule has 3 aromatic carbocycles. The number of amides is 3. The summed E-state index contributed by atoms with van der Waals surface area (Å²) in [6, 6.07) is 18.3. The molecule has 10 heteroatoms. The molecule has 0 unspecified atom stereocenters. The second kappa shape index (κ2) is 11.8.